The summed E-state index contributed by atoms with van der Waals surface area (Å²) in [5.74, 6) is 1.21. The predicted octanol–water partition coefficient (Wildman–Crippen LogP) is 4.41. The molecule has 0 fully saturated rings. The first-order valence-corrected chi connectivity index (χ1v) is 10.2. The Morgan fingerprint density at radius 1 is 0.875 bits per heavy atom. The second-order valence-electron chi connectivity index (χ2n) is 7.38. The van der Waals surface area contributed by atoms with Crippen molar-refractivity contribution in [1.82, 2.24) is 15.1 Å². The van der Waals surface area contributed by atoms with Crippen molar-refractivity contribution < 1.29 is 14.3 Å². The fraction of sp³-hybridized carbons (Fsp3) is 0.120. The van der Waals surface area contributed by atoms with Crippen LogP contribution >= 0.6 is 0 Å². The maximum absolute atomic E-state index is 12.8. The van der Waals surface area contributed by atoms with Crippen LogP contribution in [0.3, 0.4) is 0 Å². The van der Waals surface area contributed by atoms with E-state index in [9.17, 15) is 4.79 Å². The standard InChI is InChI=1S/C25H22N4O3/c1-31-17-12-13-22(32-2)19(14-17)23-20(15-29(28-23)16-8-4-3-5-9-16)24-26-21-11-7-6-10-18(21)25(30)27-24/h3-15,24,26H,1-2H3,(H,27,30)/t24-/m0/s1. The SMILES string of the molecule is COc1ccc(OC)c(-c2nn(-c3ccccc3)cc2[C@@H]2NC(=O)c3ccccc3N2)c1. The lowest BCUT2D eigenvalue weighted by molar-refractivity contribution is 0.0936. The van der Waals surface area contributed by atoms with Gasteiger partial charge in [-0.15, -0.1) is 0 Å². The van der Waals surface area contributed by atoms with E-state index in [1.54, 1.807) is 25.0 Å². The number of aromatic nitrogens is 2. The third-order valence-electron chi connectivity index (χ3n) is 5.48. The first-order valence-electron chi connectivity index (χ1n) is 10.2. The van der Waals surface area contributed by atoms with Crippen molar-refractivity contribution in [3.8, 4) is 28.4 Å². The number of rotatable bonds is 5. The van der Waals surface area contributed by atoms with E-state index < -0.39 is 6.17 Å². The summed E-state index contributed by atoms with van der Waals surface area (Å²) in [6.45, 7) is 0. The highest BCUT2D eigenvalue weighted by Crippen LogP contribution is 2.38. The van der Waals surface area contributed by atoms with Crippen LogP contribution in [-0.2, 0) is 0 Å². The molecule has 5 rings (SSSR count). The third-order valence-corrected chi connectivity index (χ3v) is 5.48. The molecule has 0 aliphatic carbocycles. The molecular formula is C25H22N4O3. The Morgan fingerprint density at radius 3 is 2.44 bits per heavy atom. The van der Waals surface area contributed by atoms with Crippen LogP contribution in [0.25, 0.3) is 16.9 Å². The fourth-order valence-electron chi connectivity index (χ4n) is 3.88. The Kier molecular flexibility index (Phi) is 4.99. The summed E-state index contributed by atoms with van der Waals surface area (Å²) >= 11 is 0. The van der Waals surface area contributed by atoms with Crippen molar-refractivity contribution in [2.75, 3.05) is 19.5 Å². The molecule has 0 saturated heterocycles. The molecule has 160 valence electrons. The molecule has 1 aromatic heterocycles. The van der Waals surface area contributed by atoms with Crippen LogP contribution in [0.2, 0.25) is 0 Å². The number of fused-ring (bicyclic) bond motifs is 1. The molecule has 7 heteroatoms. The molecule has 4 aromatic rings. The van der Waals surface area contributed by atoms with E-state index in [-0.39, 0.29) is 5.91 Å². The first kappa shape index (κ1) is 19.7. The Morgan fingerprint density at radius 2 is 1.66 bits per heavy atom. The number of hydrogen-bond acceptors (Lipinski definition) is 5. The molecule has 2 N–H and O–H groups in total. The maximum atomic E-state index is 12.8. The summed E-state index contributed by atoms with van der Waals surface area (Å²) in [5, 5.41) is 11.4. The van der Waals surface area contributed by atoms with Gasteiger partial charge in [0.05, 0.1) is 25.5 Å². The fourth-order valence-corrected chi connectivity index (χ4v) is 3.88. The lowest BCUT2D eigenvalue weighted by Crippen LogP contribution is -2.38. The van der Waals surface area contributed by atoms with Gasteiger partial charge >= 0.3 is 0 Å². The topological polar surface area (TPSA) is 77.4 Å². The third kappa shape index (κ3) is 3.43. The molecule has 0 spiro atoms. The van der Waals surface area contributed by atoms with Crippen LogP contribution < -0.4 is 20.1 Å². The normalized spacial score (nSPS) is 14.8. The molecule has 0 bridgehead atoms. The van der Waals surface area contributed by atoms with Crippen LogP contribution in [0, 0.1) is 0 Å². The van der Waals surface area contributed by atoms with E-state index >= 15 is 0 Å². The highest BCUT2D eigenvalue weighted by atomic mass is 16.5. The summed E-state index contributed by atoms with van der Waals surface area (Å²) in [6.07, 6.45) is 1.45. The predicted molar refractivity (Wildman–Crippen MR) is 122 cm³/mol. The number of hydrogen-bond donors (Lipinski definition) is 2. The van der Waals surface area contributed by atoms with Crippen LogP contribution in [-0.4, -0.2) is 29.9 Å². The molecule has 0 radical (unpaired) electrons. The Bertz CT molecular complexity index is 1280. The van der Waals surface area contributed by atoms with Crippen molar-refractivity contribution in [2.24, 2.45) is 0 Å². The lowest BCUT2D eigenvalue weighted by atomic mass is 10.0. The van der Waals surface area contributed by atoms with Crippen molar-refractivity contribution in [2.45, 2.75) is 6.17 Å². The van der Waals surface area contributed by atoms with E-state index in [0.717, 1.165) is 22.5 Å². The van der Waals surface area contributed by atoms with Gasteiger partial charge in [0, 0.05) is 23.0 Å². The smallest absolute Gasteiger partial charge is 0.255 e. The number of para-hydroxylation sites is 2. The highest BCUT2D eigenvalue weighted by Gasteiger charge is 2.29. The number of benzene rings is 3. The summed E-state index contributed by atoms with van der Waals surface area (Å²) in [6, 6.07) is 22.9. The highest BCUT2D eigenvalue weighted by molar-refractivity contribution is 6.01. The average Bonchev–Trinajstić information content (AvgIpc) is 3.29. The minimum atomic E-state index is -0.472. The zero-order chi connectivity index (χ0) is 22.1. The van der Waals surface area contributed by atoms with Crippen LogP contribution in [0.1, 0.15) is 22.1 Å². The zero-order valence-corrected chi connectivity index (χ0v) is 17.7. The molecule has 0 unspecified atom stereocenters. The first-order chi connectivity index (χ1) is 15.7. The van der Waals surface area contributed by atoms with E-state index in [1.807, 2.05) is 72.9 Å². The van der Waals surface area contributed by atoms with Gasteiger partial charge < -0.3 is 20.1 Å². The number of nitrogens with one attached hydrogen (secondary N) is 2. The number of carbonyl (C=O) groups excluding carboxylic acids is 1. The zero-order valence-electron chi connectivity index (χ0n) is 17.7. The largest absolute Gasteiger partial charge is 0.497 e. The van der Waals surface area contributed by atoms with Gasteiger partial charge in [-0.2, -0.15) is 5.10 Å². The number of methoxy groups -OCH3 is 2. The molecular weight excluding hydrogens is 404 g/mol. The molecule has 32 heavy (non-hydrogen) atoms. The van der Waals surface area contributed by atoms with Crippen molar-refractivity contribution in [1.29, 1.82) is 0 Å². The van der Waals surface area contributed by atoms with Gasteiger partial charge in [-0.25, -0.2) is 4.68 Å². The second-order valence-corrected chi connectivity index (χ2v) is 7.38. The van der Waals surface area contributed by atoms with Gasteiger partial charge in [0.25, 0.3) is 5.91 Å². The summed E-state index contributed by atoms with van der Waals surface area (Å²) in [5.41, 5.74) is 4.55. The summed E-state index contributed by atoms with van der Waals surface area (Å²) < 4.78 is 12.9. The van der Waals surface area contributed by atoms with E-state index in [0.29, 0.717) is 22.8 Å². The lowest BCUT2D eigenvalue weighted by Gasteiger charge is -2.28. The number of carbonyl (C=O) groups is 1. The van der Waals surface area contributed by atoms with E-state index in [4.69, 9.17) is 14.6 Å². The van der Waals surface area contributed by atoms with Gasteiger partial charge in [-0.05, 0) is 42.5 Å². The molecule has 1 aliphatic heterocycles. The van der Waals surface area contributed by atoms with E-state index in [2.05, 4.69) is 10.6 Å². The van der Waals surface area contributed by atoms with Crippen LogP contribution in [0.5, 0.6) is 11.5 Å². The molecule has 1 aliphatic rings. The summed E-state index contributed by atoms with van der Waals surface area (Å²) in [4.78, 5) is 12.8. The Labute approximate surface area is 185 Å². The number of nitrogens with zero attached hydrogens (tertiary/aromatic N) is 2. The van der Waals surface area contributed by atoms with E-state index in [1.165, 1.54) is 0 Å². The number of anilines is 1. The second kappa shape index (κ2) is 8.11. The monoisotopic (exact) mass is 426 g/mol. The average molecular weight is 426 g/mol. The van der Waals surface area contributed by atoms with Gasteiger partial charge in [-0.3, -0.25) is 4.79 Å². The van der Waals surface area contributed by atoms with Crippen LogP contribution in [0.4, 0.5) is 5.69 Å². The molecule has 1 atom stereocenters. The van der Waals surface area contributed by atoms with Crippen LogP contribution in [0.15, 0.2) is 79.0 Å². The molecule has 3 aromatic carbocycles. The molecule has 0 saturated carbocycles. The maximum Gasteiger partial charge on any atom is 0.255 e. The van der Waals surface area contributed by atoms with Crippen molar-refractivity contribution in [3.63, 3.8) is 0 Å². The molecule has 2 heterocycles. The van der Waals surface area contributed by atoms with Crippen molar-refractivity contribution >= 4 is 11.6 Å². The van der Waals surface area contributed by atoms with Gasteiger partial charge in [0.15, 0.2) is 0 Å². The summed E-state index contributed by atoms with van der Waals surface area (Å²) in [7, 11) is 3.24. The molecule has 1 amide bonds. The Balaban J connectivity index is 1.68. The molecule has 7 nitrogen and oxygen atoms in total. The number of amides is 1. The van der Waals surface area contributed by atoms with Gasteiger partial charge in [0.1, 0.15) is 23.4 Å². The van der Waals surface area contributed by atoms with Gasteiger partial charge in [0.2, 0.25) is 0 Å². The van der Waals surface area contributed by atoms with Crippen molar-refractivity contribution in [3.05, 3.63) is 90.1 Å². The Hall–Kier alpha value is -4.26. The quantitative estimate of drug-likeness (QED) is 0.494. The minimum Gasteiger partial charge on any atom is -0.497 e. The number of ether oxygens (including phenoxy) is 2. The van der Waals surface area contributed by atoms with Gasteiger partial charge in [-0.1, -0.05) is 30.3 Å². The minimum absolute atomic E-state index is 0.139.